The largest absolute Gasteiger partial charge is 0.478 e. The zero-order valence-electron chi connectivity index (χ0n) is 13.6. The first kappa shape index (κ1) is 17.9. The summed E-state index contributed by atoms with van der Waals surface area (Å²) in [4.78, 5) is 23.3. The van der Waals surface area contributed by atoms with E-state index in [0.29, 0.717) is 22.3 Å². The fourth-order valence-corrected chi connectivity index (χ4v) is 2.28. The van der Waals surface area contributed by atoms with Crippen molar-refractivity contribution in [3.8, 4) is 5.75 Å². The lowest BCUT2D eigenvalue weighted by molar-refractivity contribution is -0.134. The van der Waals surface area contributed by atoms with E-state index in [4.69, 9.17) is 25.9 Å². The van der Waals surface area contributed by atoms with E-state index in [9.17, 15) is 9.59 Å². The highest BCUT2D eigenvalue weighted by Gasteiger charge is 2.30. The molecule has 2 aromatic rings. The number of hydrogen-bond donors (Lipinski definition) is 2. The van der Waals surface area contributed by atoms with Gasteiger partial charge in [-0.25, -0.2) is 4.79 Å². The first-order chi connectivity index (χ1) is 11.2. The summed E-state index contributed by atoms with van der Waals surface area (Å²) in [6.45, 7) is 4.87. The number of hydrogen-bond acceptors (Lipinski definition) is 4. The van der Waals surface area contributed by atoms with Crippen molar-refractivity contribution >= 4 is 23.5 Å². The SMILES string of the molecule is Cc1oc(CNC(=O)C(C)(C)Oc2cccc(Cl)c2)cc1C(=O)O. The lowest BCUT2D eigenvalue weighted by atomic mass is 10.1. The molecule has 0 saturated heterocycles. The van der Waals surface area contributed by atoms with Crippen LogP contribution in [0.25, 0.3) is 0 Å². The number of ether oxygens (including phenoxy) is 1. The molecule has 0 radical (unpaired) electrons. The van der Waals surface area contributed by atoms with Gasteiger partial charge in [0.15, 0.2) is 5.60 Å². The molecule has 6 nitrogen and oxygen atoms in total. The Morgan fingerprint density at radius 2 is 2.04 bits per heavy atom. The van der Waals surface area contributed by atoms with Gasteiger partial charge in [0.25, 0.3) is 5.91 Å². The molecule has 0 unspecified atom stereocenters. The highest BCUT2D eigenvalue weighted by atomic mass is 35.5. The van der Waals surface area contributed by atoms with E-state index in [-0.39, 0.29) is 18.0 Å². The van der Waals surface area contributed by atoms with E-state index in [1.165, 1.54) is 6.07 Å². The maximum atomic E-state index is 12.3. The number of halogens is 1. The van der Waals surface area contributed by atoms with Gasteiger partial charge in [0.1, 0.15) is 22.8 Å². The van der Waals surface area contributed by atoms with Crippen molar-refractivity contribution in [1.29, 1.82) is 0 Å². The monoisotopic (exact) mass is 351 g/mol. The third kappa shape index (κ3) is 4.29. The van der Waals surface area contributed by atoms with E-state index in [2.05, 4.69) is 5.32 Å². The molecular formula is C17H18ClNO5. The zero-order valence-corrected chi connectivity index (χ0v) is 14.3. The molecule has 0 bridgehead atoms. The van der Waals surface area contributed by atoms with Crippen LogP contribution >= 0.6 is 11.6 Å². The van der Waals surface area contributed by atoms with Crippen LogP contribution in [0.5, 0.6) is 5.75 Å². The molecular weight excluding hydrogens is 334 g/mol. The zero-order chi connectivity index (χ0) is 17.9. The van der Waals surface area contributed by atoms with Gasteiger partial charge in [-0.15, -0.1) is 0 Å². The van der Waals surface area contributed by atoms with Gasteiger partial charge in [0.2, 0.25) is 0 Å². The molecule has 1 heterocycles. The van der Waals surface area contributed by atoms with Gasteiger partial charge >= 0.3 is 5.97 Å². The van der Waals surface area contributed by atoms with Gasteiger partial charge in [-0.05, 0) is 45.0 Å². The molecule has 0 saturated carbocycles. The summed E-state index contributed by atoms with van der Waals surface area (Å²) in [6, 6.07) is 8.15. The molecule has 128 valence electrons. The van der Waals surface area contributed by atoms with Crippen molar-refractivity contribution < 1.29 is 23.8 Å². The molecule has 0 atom stereocenters. The predicted molar refractivity (Wildman–Crippen MR) is 88.4 cm³/mol. The van der Waals surface area contributed by atoms with Crippen molar-refractivity contribution in [3.05, 3.63) is 52.4 Å². The Morgan fingerprint density at radius 3 is 2.62 bits per heavy atom. The minimum absolute atomic E-state index is 0.0648. The van der Waals surface area contributed by atoms with Crippen molar-refractivity contribution in [2.75, 3.05) is 0 Å². The van der Waals surface area contributed by atoms with Gasteiger partial charge in [-0.2, -0.15) is 0 Å². The number of carboxylic acids is 1. The molecule has 1 aromatic carbocycles. The second-order valence-electron chi connectivity index (χ2n) is 5.74. The fourth-order valence-electron chi connectivity index (χ4n) is 2.09. The second kappa shape index (κ2) is 6.97. The highest BCUT2D eigenvalue weighted by molar-refractivity contribution is 6.30. The number of rotatable bonds is 6. The van der Waals surface area contributed by atoms with E-state index >= 15 is 0 Å². The molecule has 0 aliphatic heterocycles. The van der Waals surface area contributed by atoms with Gasteiger partial charge in [0.05, 0.1) is 6.54 Å². The Morgan fingerprint density at radius 1 is 1.33 bits per heavy atom. The minimum Gasteiger partial charge on any atom is -0.478 e. The van der Waals surface area contributed by atoms with Crippen LogP contribution in [0, 0.1) is 6.92 Å². The maximum Gasteiger partial charge on any atom is 0.339 e. The van der Waals surface area contributed by atoms with Crippen LogP contribution in [0.2, 0.25) is 5.02 Å². The van der Waals surface area contributed by atoms with Gasteiger partial charge in [-0.1, -0.05) is 17.7 Å². The number of benzene rings is 1. The fraction of sp³-hybridized carbons (Fsp3) is 0.294. The van der Waals surface area contributed by atoms with Crippen LogP contribution in [-0.4, -0.2) is 22.6 Å². The lowest BCUT2D eigenvalue weighted by Gasteiger charge is -2.25. The Bertz CT molecular complexity index is 766. The standard InChI is InChI=1S/C17H18ClNO5/c1-10-14(15(20)21)8-13(23-10)9-19-16(22)17(2,3)24-12-6-4-5-11(18)7-12/h4-8H,9H2,1-3H3,(H,19,22)(H,20,21). The van der Waals surface area contributed by atoms with E-state index in [1.807, 2.05) is 0 Å². The van der Waals surface area contributed by atoms with Crippen molar-refractivity contribution in [3.63, 3.8) is 0 Å². The third-order valence-electron chi connectivity index (χ3n) is 3.34. The molecule has 0 aliphatic carbocycles. The van der Waals surface area contributed by atoms with E-state index in [1.54, 1.807) is 45.0 Å². The van der Waals surface area contributed by atoms with Gasteiger partial charge in [-0.3, -0.25) is 4.79 Å². The molecule has 0 aliphatic rings. The van der Waals surface area contributed by atoms with E-state index < -0.39 is 11.6 Å². The van der Waals surface area contributed by atoms with Crippen LogP contribution < -0.4 is 10.1 Å². The minimum atomic E-state index is -1.14. The third-order valence-corrected chi connectivity index (χ3v) is 3.57. The molecule has 7 heteroatoms. The molecule has 0 fully saturated rings. The molecule has 24 heavy (non-hydrogen) atoms. The molecule has 2 rings (SSSR count). The topological polar surface area (TPSA) is 88.8 Å². The summed E-state index contributed by atoms with van der Waals surface area (Å²) in [6.07, 6.45) is 0. The van der Waals surface area contributed by atoms with Crippen LogP contribution in [0.15, 0.2) is 34.7 Å². The lowest BCUT2D eigenvalue weighted by Crippen LogP contribution is -2.46. The summed E-state index contributed by atoms with van der Waals surface area (Å²) >= 11 is 5.90. The second-order valence-corrected chi connectivity index (χ2v) is 6.18. The number of furan rings is 1. The highest BCUT2D eigenvalue weighted by Crippen LogP contribution is 2.22. The summed E-state index contributed by atoms with van der Waals surface area (Å²) in [7, 11) is 0. The first-order valence-corrected chi connectivity index (χ1v) is 7.62. The molecule has 1 amide bonds. The van der Waals surface area contributed by atoms with E-state index in [0.717, 1.165) is 0 Å². The van der Waals surface area contributed by atoms with Crippen LogP contribution in [0.3, 0.4) is 0 Å². The summed E-state index contributed by atoms with van der Waals surface area (Å²) in [5.74, 6) is -0.311. The molecule has 2 N–H and O–H groups in total. The molecule has 0 spiro atoms. The normalized spacial score (nSPS) is 11.2. The van der Waals surface area contributed by atoms with Crippen molar-refractivity contribution in [2.45, 2.75) is 32.9 Å². The maximum absolute atomic E-state index is 12.3. The predicted octanol–water partition coefficient (Wildman–Crippen LogP) is 3.41. The van der Waals surface area contributed by atoms with Crippen molar-refractivity contribution in [2.24, 2.45) is 0 Å². The number of nitrogens with one attached hydrogen (secondary N) is 1. The average molecular weight is 352 g/mol. The van der Waals surface area contributed by atoms with Crippen LogP contribution in [0.1, 0.15) is 35.7 Å². The Labute approximate surface area is 144 Å². The van der Waals surface area contributed by atoms with Crippen LogP contribution in [-0.2, 0) is 11.3 Å². The van der Waals surface area contributed by atoms with Crippen LogP contribution in [0.4, 0.5) is 0 Å². The first-order valence-electron chi connectivity index (χ1n) is 7.24. The summed E-state index contributed by atoms with van der Waals surface area (Å²) < 4.78 is 11.0. The Hall–Kier alpha value is -2.47. The smallest absolute Gasteiger partial charge is 0.339 e. The van der Waals surface area contributed by atoms with Gasteiger partial charge < -0.3 is 19.6 Å². The Kier molecular flexibility index (Phi) is 5.19. The number of aryl methyl sites for hydroxylation is 1. The molecule has 1 aromatic heterocycles. The number of carbonyl (C=O) groups excluding carboxylic acids is 1. The van der Waals surface area contributed by atoms with Crippen molar-refractivity contribution in [1.82, 2.24) is 5.32 Å². The summed E-state index contributed by atoms with van der Waals surface area (Å²) in [5, 5.41) is 12.2. The average Bonchev–Trinajstić information content (AvgIpc) is 2.85. The number of carbonyl (C=O) groups is 2. The number of amides is 1. The summed E-state index contributed by atoms with van der Waals surface area (Å²) in [5.41, 5.74) is -1.06. The quantitative estimate of drug-likeness (QED) is 0.832. The Balaban J connectivity index is 2.00. The number of carboxylic acid groups (broad SMARTS) is 1. The number of aromatic carboxylic acids is 1. The van der Waals surface area contributed by atoms with Gasteiger partial charge in [0, 0.05) is 5.02 Å².